The van der Waals surface area contributed by atoms with Crippen LogP contribution in [0.2, 0.25) is 0 Å². The quantitative estimate of drug-likeness (QED) is 0.303. The van der Waals surface area contributed by atoms with E-state index in [0.29, 0.717) is 0 Å². The first-order valence-electron chi connectivity index (χ1n) is 2.15. The van der Waals surface area contributed by atoms with Gasteiger partial charge < -0.3 is 4.84 Å². The van der Waals surface area contributed by atoms with E-state index in [0.717, 1.165) is 0 Å². The summed E-state index contributed by atoms with van der Waals surface area (Å²) >= 11 is 0. The zero-order valence-electron chi connectivity index (χ0n) is 4.59. The average molecular weight is 127 g/mol. The van der Waals surface area contributed by atoms with Crippen LogP contribution in [-0.2, 0) is 14.4 Å². The molecule has 0 unspecified atom stereocenters. The molecule has 0 rings (SSSR count). The van der Waals surface area contributed by atoms with Crippen molar-refractivity contribution in [1.29, 1.82) is 0 Å². The SMILES string of the molecule is NOC(=O)CC=C=C=O. The summed E-state index contributed by atoms with van der Waals surface area (Å²) in [4.78, 5) is 23.3. The maximum Gasteiger partial charge on any atom is 0.328 e. The maximum absolute atomic E-state index is 10.1. The van der Waals surface area contributed by atoms with Crippen molar-refractivity contribution >= 4 is 11.9 Å². The highest BCUT2D eigenvalue weighted by molar-refractivity contribution is 5.70. The van der Waals surface area contributed by atoms with Gasteiger partial charge in [-0.25, -0.2) is 4.79 Å². The summed E-state index contributed by atoms with van der Waals surface area (Å²) < 4.78 is 0. The third-order valence-corrected chi connectivity index (χ3v) is 0.561. The Morgan fingerprint density at radius 3 is 2.89 bits per heavy atom. The van der Waals surface area contributed by atoms with Gasteiger partial charge in [-0.2, -0.15) is 5.90 Å². The second-order valence-electron chi connectivity index (χ2n) is 1.14. The van der Waals surface area contributed by atoms with E-state index in [9.17, 15) is 9.59 Å². The van der Waals surface area contributed by atoms with Crippen LogP contribution in [-0.4, -0.2) is 11.9 Å². The minimum atomic E-state index is -0.613. The number of nitrogens with two attached hydrogens (primary N) is 1. The van der Waals surface area contributed by atoms with E-state index in [-0.39, 0.29) is 6.42 Å². The molecule has 0 atom stereocenters. The molecule has 4 nitrogen and oxygen atoms in total. The minimum Gasteiger partial charge on any atom is -0.373 e. The molecule has 0 fully saturated rings. The smallest absolute Gasteiger partial charge is 0.328 e. The molecule has 2 N–H and O–H groups in total. The van der Waals surface area contributed by atoms with Gasteiger partial charge in [0.05, 0.1) is 6.42 Å². The number of rotatable bonds is 2. The van der Waals surface area contributed by atoms with Gasteiger partial charge >= 0.3 is 5.97 Å². The topological polar surface area (TPSA) is 69.4 Å². The Bertz CT molecular complexity index is 175. The van der Waals surface area contributed by atoms with Crippen molar-refractivity contribution in [3.63, 3.8) is 0 Å². The molecule has 0 aliphatic rings. The van der Waals surface area contributed by atoms with Gasteiger partial charge in [-0.15, -0.1) is 0 Å². The Morgan fingerprint density at radius 1 is 1.78 bits per heavy atom. The van der Waals surface area contributed by atoms with E-state index >= 15 is 0 Å². The van der Waals surface area contributed by atoms with Crippen molar-refractivity contribution in [3.8, 4) is 0 Å². The van der Waals surface area contributed by atoms with Crippen molar-refractivity contribution in [3.05, 3.63) is 11.8 Å². The lowest BCUT2D eigenvalue weighted by Crippen LogP contribution is -2.07. The molecule has 0 bridgehead atoms. The van der Waals surface area contributed by atoms with Crippen LogP contribution in [0.3, 0.4) is 0 Å². The van der Waals surface area contributed by atoms with Gasteiger partial charge in [-0.1, -0.05) is 0 Å². The van der Waals surface area contributed by atoms with Crippen LogP contribution in [0.5, 0.6) is 0 Å². The van der Waals surface area contributed by atoms with Crippen molar-refractivity contribution in [2.24, 2.45) is 5.90 Å². The first-order chi connectivity index (χ1) is 4.31. The third-order valence-electron chi connectivity index (χ3n) is 0.561. The lowest BCUT2D eigenvalue weighted by Gasteiger charge is -1.87. The Labute approximate surface area is 51.6 Å². The van der Waals surface area contributed by atoms with E-state index in [4.69, 9.17) is 0 Å². The highest BCUT2D eigenvalue weighted by Gasteiger charge is 1.92. The highest BCUT2D eigenvalue weighted by atomic mass is 16.7. The summed E-state index contributed by atoms with van der Waals surface area (Å²) in [5.74, 6) is 5.19. The molecule has 0 aliphatic carbocycles. The van der Waals surface area contributed by atoms with Crippen molar-refractivity contribution < 1.29 is 14.4 Å². The second kappa shape index (κ2) is 4.81. The van der Waals surface area contributed by atoms with E-state index < -0.39 is 5.97 Å². The molecular formula is C5H5NO3. The third kappa shape index (κ3) is 4.51. The zero-order chi connectivity index (χ0) is 7.11. The molecule has 4 heteroatoms. The number of hydrogen-bond acceptors (Lipinski definition) is 4. The molecule has 0 saturated heterocycles. The summed E-state index contributed by atoms with van der Waals surface area (Å²) in [7, 11) is 0. The van der Waals surface area contributed by atoms with Crippen LogP contribution in [0, 0.1) is 0 Å². The minimum absolute atomic E-state index is 0.0499. The van der Waals surface area contributed by atoms with Gasteiger partial charge in [0.2, 0.25) is 0 Å². The normalized spacial score (nSPS) is 6.78. The summed E-state index contributed by atoms with van der Waals surface area (Å²) in [6.45, 7) is 0. The zero-order valence-corrected chi connectivity index (χ0v) is 4.59. The lowest BCUT2D eigenvalue weighted by molar-refractivity contribution is -0.143. The average Bonchev–Trinajstić information content (AvgIpc) is 1.89. The van der Waals surface area contributed by atoms with Crippen molar-refractivity contribution in [1.82, 2.24) is 0 Å². The fourth-order valence-corrected chi connectivity index (χ4v) is 0.224. The second-order valence-corrected chi connectivity index (χ2v) is 1.14. The monoisotopic (exact) mass is 127 g/mol. The number of carbonyl (C=O) groups is 1. The number of carbonyl (C=O) groups excluding carboxylic acids is 2. The van der Waals surface area contributed by atoms with Gasteiger partial charge in [-0.3, -0.25) is 4.79 Å². The molecule has 0 radical (unpaired) electrons. The summed E-state index contributed by atoms with van der Waals surface area (Å²) in [6, 6.07) is 0. The van der Waals surface area contributed by atoms with Gasteiger partial charge in [0.1, 0.15) is 0 Å². The number of hydrogen-bond donors (Lipinski definition) is 1. The van der Waals surface area contributed by atoms with E-state index in [2.05, 4.69) is 10.7 Å². The van der Waals surface area contributed by atoms with Crippen molar-refractivity contribution in [2.75, 3.05) is 0 Å². The first kappa shape index (κ1) is 7.66. The van der Waals surface area contributed by atoms with Crippen LogP contribution in [0.4, 0.5) is 0 Å². The Balaban J connectivity index is 3.63. The molecular weight excluding hydrogens is 122 g/mol. The molecule has 0 spiro atoms. The molecule has 0 aromatic rings. The molecule has 0 saturated carbocycles. The van der Waals surface area contributed by atoms with E-state index in [1.54, 1.807) is 0 Å². The largest absolute Gasteiger partial charge is 0.373 e. The molecule has 0 amide bonds. The lowest BCUT2D eigenvalue weighted by atomic mass is 10.4. The summed E-state index contributed by atoms with van der Waals surface area (Å²) in [5.41, 5.74) is 2.03. The van der Waals surface area contributed by atoms with Crippen LogP contribution >= 0.6 is 0 Å². The highest BCUT2D eigenvalue weighted by Crippen LogP contribution is 1.80. The predicted molar refractivity (Wildman–Crippen MR) is 28.7 cm³/mol. The van der Waals surface area contributed by atoms with Crippen LogP contribution in [0.1, 0.15) is 6.42 Å². The van der Waals surface area contributed by atoms with Gasteiger partial charge in [0.25, 0.3) is 0 Å². The maximum atomic E-state index is 10.1. The van der Waals surface area contributed by atoms with Gasteiger partial charge in [-0.05, 0) is 11.8 Å². The van der Waals surface area contributed by atoms with Crippen LogP contribution in [0.15, 0.2) is 11.8 Å². The molecule has 0 heterocycles. The van der Waals surface area contributed by atoms with Crippen LogP contribution in [0.25, 0.3) is 0 Å². The summed E-state index contributed by atoms with van der Waals surface area (Å²) in [5, 5.41) is 0. The standard InChI is InChI=1S/C5H5NO3/c6-9-5(8)3-1-2-4-7/h1H,3,6H2. The first-order valence-corrected chi connectivity index (χ1v) is 2.15. The molecule has 0 aromatic heterocycles. The van der Waals surface area contributed by atoms with E-state index in [1.165, 1.54) is 12.0 Å². The summed E-state index contributed by atoms with van der Waals surface area (Å²) in [6.07, 6.45) is 1.13. The van der Waals surface area contributed by atoms with Crippen molar-refractivity contribution in [2.45, 2.75) is 6.42 Å². The fourth-order valence-electron chi connectivity index (χ4n) is 0.224. The van der Waals surface area contributed by atoms with E-state index in [1.807, 2.05) is 5.73 Å². The predicted octanol–water partition coefficient (Wildman–Crippen LogP) is -0.664. The van der Waals surface area contributed by atoms with Gasteiger partial charge in [0, 0.05) is 0 Å². The molecule has 9 heavy (non-hydrogen) atoms. The Kier molecular flexibility index (Phi) is 4.09. The Hall–Kier alpha value is -1.34. The Morgan fingerprint density at radius 2 is 2.44 bits per heavy atom. The molecule has 48 valence electrons. The molecule has 0 aromatic carbocycles. The molecule has 0 aliphatic heterocycles. The fraction of sp³-hybridized carbons (Fsp3) is 0.200. The van der Waals surface area contributed by atoms with Gasteiger partial charge in [0.15, 0.2) is 5.94 Å². The van der Waals surface area contributed by atoms with Crippen LogP contribution < -0.4 is 5.90 Å².